The number of ether oxygens (including phenoxy) is 1. The van der Waals surface area contributed by atoms with E-state index in [1.54, 1.807) is 6.08 Å². The molecule has 3 nitrogen and oxygen atoms in total. The molecule has 0 bridgehead atoms. The van der Waals surface area contributed by atoms with Crippen LogP contribution < -0.4 is 10.1 Å². The molecule has 0 spiro atoms. The number of hydrogen-bond donors (Lipinski definition) is 1. The molecule has 0 aromatic heterocycles. The summed E-state index contributed by atoms with van der Waals surface area (Å²) in [5, 5.41) is 2.78. The average Bonchev–Trinajstić information content (AvgIpc) is 2.29. The minimum atomic E-state index is 0.00171. The van der Waals surface area contributed by atoms with Crippen molar-refractivity contribution in [2.45, 2.75) is 12.8 Å². The molecular weight excluding hydrogens is 282 g/mol. The van der Waals surface area contributed by atoms with Crippen LogP contribution in [0.15, 0.2) is 41.4 Å². The van der Waals surface area contributed by atoms with Crippen LogP contribution in [0.5, 0.6) is 5.75 Å². The van der Waals surface area contributed by atoms with Gasteiger partial charge in [0.25, 0.3) is 0 Å². The van der Waals surface area contributed by atoms with Gasteiger partial charge in [-0.2, -0.15) is 0 Å². The second kappa shape index (κ2) is 7.90. The fourth-order valence-electron chi connectivity index (χ4n) is 1.22. The maximum atomic E-state index is 11.3. The van der Waals surface area contributed by atoms with Gasteiger partial charge >= 0.3 is 0 Å². The molecular formula is C13H16BrNO2. The summed E-state index contributed by atoms with van der Waals surface area (Å²) in [6.45, 7) is 4.61. The zero-order valence-electron chi connectivity index (χ0n) is 9.62. The van der Waals surface area contributed by atoms with Gasteiger partial charge in [0.05, 0.1) is 13.0 Å². The third-order valence-corrected chi connectivity index (χ3v) is 2.56. The molecule has 0 saturated heterocycles. The monoisotopic (exact) mass is 297 g/mol. The summed E-state index contributed by atoms with van der Waals surface area (Å²) in [6, 6.07) is 7.55. The third kappa shape index (κ3) is 6.12. The molecule has 0 unspecified atom stereocenters. The minimum absolute atomic E-state index is 0.00171. The van der Waals surface area contributed by atoms with E-state index in [1.807, 2.05) is 24.3 Å². The average molecular weight is 298 g/mol. The largest absolute Gasteiger partial charge is 0.493 e. The number of hydrogen-bond acceptors (Lipinski definition) is 2. The predicted molar refractivity (Wildman–Crippen MR) is 72.1 cm³/mol. The van der Waals surface area contributed by atoms with Crippen molar-refractivity contribution in [3.05, 3.63) is 41.4 Å². The number of nitrogens with one attached hydrogen (secondary N) is 1. The van der Waals surface area contributed by atoms with E-state index in [9.17, 15) is 4.79 Å². The summed E-state index contributed by atoms with van der Waals surface area (Å²) in [7, 11) is 0. The molecule has 1 rings (SSSR count). The standard InChI is InChI=1S/C13H16BrNO2/c1-2-3-8-15-13(16)7-9-17-12-6-4-5-11(14)10-12/h2,4-6,10H,1,3,7-9H2,(H,15,16). The molecule has 17 heavy (non-hydrogen) atoms. The van der Waals surface area contributed by atoms with Crippen LogP contribution >= 0.6 is 15.9 Å². The molecule has 0 aliphatic heterocycles. The van der Waals surface area contributed by atoms with Gasteiger partial charge < -0.3 is 10.1 Å². The second-order valence-electron chi connectivity index (χ2n) is 3.48. The van der Waals surface area contributed by atoms with Gasteiger partial charge in [-0.05, 0) is 24.6 Å². The van der Waals surface area contributed by atoms with E-state index < -0.39 is 0 Å². The smallest absolute Gasteiger partial charge is 0.223 e. The zero-order chi connectivity index (χ0) is 12.5. The van der Waals surface area contributed by atoms with Gasteiger partial charge in [-0.25, -0.2) is 0 Å². The Balaban J connectivity index is 2.19. The third-order valence-electron chi connectivity index (χ3n) is 2.06. The first-order valence-electron chi connectivity index (χ1n) is 5.48. The van der Waals surface area contributed by atoms with Gasteiger partial charge in [0.1, 0.15) is 5.75 Å². The lowest BCUT2D eigenvalue weighted by Gasteiger charge is -2.06. The fourth-order valence-corrected chi connectivity index (χ4v) is 1.60. The molecule has 0 radical (unpaired) electrons. The van der Waals surface area contributed by atoms with Crippen LogP contribution in [0, 0.1) is 0 Å². The highest BCUT2D eigenvalue weighted by molar-refractivity contribution is 9.10. The normalized spacial score (nSPS) is 9.71. The second-order valence-corrected chi connectivity index (χ2v) is 4.40. The number of carbonyl (C=O) groups is 1. The molecule has 0 fully saturated rings. The molecule has 0 atom stereocenters. The highest BCUT2D eigenvalue weighted by Crippen LogP contribution is 2.17. The SMILES string of the molecule is C=CCCNC(=O)CCOc1cccc(Br)c1. The van der Waals surface area contributed by atoms with Crippen molar-refractivity contribution < 1.29 is 9.53 Å². The van der Waals surface area contributed by atoms with Crippen molar-refractivity contribution in [2.24, 2.45) is 0 Å². The lowest BCUT2D eigenvalue weighted by Crippen LogP contribution is -2.25. The Morgan fingerprint density at radius 1 is 1.53 bits per heavy atom. The topological polar surface area (TPSA) is 38.3 Å². The van der Waals surface area contributed by atoms with Crippen molar-refractivity contribution in [3.8, 4) is 5.75 Å². The minimum Gasteiger partial charge on any atom is -0.493 e. The molecule has 4 heteroatoms. The van der Waals surface area contributed by atoms with Crippen molar-refractivity contribution in [1.29, 1.82) is 0 Å². The molecule has 1 aromatic rings. The molecule has 1 aromatic carbocycles. The van der Waals surface area contributed by atoms with E-state index in [-0.39, 0.29) is 5.91 Å². The van der Waals surface area contributed by atoms with Gasteiger partial charge in [0.15, 0.2) is 0 Å². The first-order valence-corrected chi connectivity index (χ1v) is 6.27. The number of amides is 1. The van der Waals surface area contributed by atoms with Crippen LogP contribution in [0.25, 0.3) is 0 Å². The molecule has 0 aliphatic rings. The summed E-state index contributed by atoms with van der Waals surface area (Å²) < 4.78 is 6.42. The number of rotatable bonds is 7. The first kappa shape index (κ1) is 13.8. The predicted octanol–water partition coefficient (Wildman–Crippen LogP) is 2.91. The lowest BCUT2D eigenvalue weighted by atomic mass is 10.3. The molecule has 0 saturated carbocycles. The van der Waals surface area contributed by atoms with Crippen molar-refractivity contribution >= 4 is 21.8 Å². The van der Waals surface area contributed by atoms with Crippen LogP contribution in [0.2, 0.25) is 0 Å². The molecule has 1 amide bonds. The van der Waals surface area contributed by atoms with Crippen molar-refractivity contribution in [2.75, 3.05) is 13.2 Å². The van der Waals surface area contributed by atoms with Crippen LogP contribution in [-0.4, -0.2) is 19.1 Å². The van der Waals surface area contributed by atoms with Crippen LogP contribution in [0.3, 0.4) is 0 Å². The summed E-state index contributed by atoms with van der Waals surface area (Å²) in [5.74, 6) is 0.764. The van der Waals surface area contributed by atoms with E-state index in [0.717, 1.165) is 16.6 Å². The summed E-state index contributed by atoms with van der Waals surface area (Å²) in [6.07, 6.45) is 2.93. The Bertz CT molecular complexity index is 379. The van der Waals surface area contributed by atoms with Crippen LogP contribution in [0.4, 0.5) is 0 Å². The Kier molecular flexibility index (Phi) is 6.40. The maximum Gasteiger partial charge on any atom is 0.223 e. The Morgan fingerprint density at radius 2 is 2.35 bits per heavy atom. The van der Waals surface area contributed by atoms with Gasteiger partial charge in [0, 0.05) is 11.0 Å². The highest BCUT2D eigenvalue weighted by Gasteiger charge is 2.01. The number of halogens is 1. The van der Waals surface area contributed by atoms with E-state index in [0.29, 0.717) is 19.6 Å². The highest BCUT2D eigenvalue weighted by atomic mass is 79.9. The van der Waals surface area contributed by atoms with Crippen molar-refractivity contribution in [1.82, 2.24) is 5.32 Å². The Labute approximate surface area is 110 Å². The van der Waals surface area contributed by atoms with Gasteiger partial charge in [-0.3, -0.25) is 4.79 Å². The van der Waals surface area contributed by atoms with E-state index in [1.165, 1.54) is 0 Å². The summed E-state index contributed by atoms with van der Waals surface area (Å²) in [5.41, 5.74) is 0. The van der Waals surface area contributed by atoms with E-state index >= 15 is 0 Å². The van der Waals surface area contributed by atoms with E-state index in [2.05, 4.69) is 27.8 Å². The van der Waals surface area contributed by atoms with Crippen molar-refractivity contribution in [3.63, 3.8) is 0 Å². The molecule has 92 valence electrons. The quantitative estimate of drug-likeness (QED) is 0.621. The van der Waals surface area contributed by atoms with Gasteiger partial charge in [-0.15, -0.1) is 6.58 Å². The zero-order valence-corrected chi connectivity index (χ0v) is 11.2. The Hall–Kier alpha value is -1.29. The summed E-state index contributed by atoms with van der Waals surface area (Å²) >= 11 is 3.36. The molecule has 1 N–H and O–H groups in total. The first-order chi connectivity index (χ1) is 8.22. The van der Waals surface area contributed by atoms with Gasteiger partial charge in [0.2, 0.25) is 5.91 Å². The number of carbonyl (C=O) groups excluding carboxylic acids is 1. The molecule has 0 heterocycles. The van der Waals surface area contributed by atoms with Gasteiger partial charge in [-0.1, -0.05) is 28.1 Å². The summed E-state index contributed by atoms with van der Waals surface area (Å²) in [4.78, 5) is 11.3. The fraction of sp³-hybridized carbons (Fsp3) is 0.308. The lowest BCUT2D eigenvalue weighted by molar-refractivity contribution is -0.121. The van der Waals surface area contributed by atoms with Crippen LogP contribution in [-0.2, 0) is 4.79 Å². The maximum absolute atomic E-state index is 11.3. The molecule has 0 aliphatic carbocycles. The Morgan fingerprint density at radius 3 is 3.06 bits per heavy atom. The van der Waals surface area contributed by atoms with E-state index in [4.69, 9.17) is 4.74 Å². The van der Waals surface area contributed by atoms with Crippen LogP contribution in [0.1, 0.15) is 12.8 Å². The number of benzene rings is 1.